The van der Waals surface area contributed by atoms with Crippen LogP contribution < -0.4 is 5.48 Å². The Hall–Kier alpha value is -1.80. The van der Waals surface area contributed by atoms with E-state index in [1.54, 1.807) is 11.8 Å². The molecule has 0 aliphatic carbocycles. The maximum atomic E-state index is 12.5. The fraction of sp³-hybridized carbons (Fsp3) is 0.778. The number of hydrogen-bond donors (Lipinski definition) is 1. The molecule has 0 aromatic carbocycles. The molecular weight excluding hydrogens is 338 g/mol. The number of carbonyl (C=O) groups excluding carboxylic acids is 2. The van der Waals surface area contributed by atoms with Crippen molar-refractivity contribution >= 4 is 12.1 Å². The van der Waals surface area contributed by atoms with E-state index in [0.717, 1.165) is 31.5 Å². The highest BCUT2D eigenvalue weighted by molar-refractivity contribution is 5.89. The highest BCUT2D eigenvalue weighted by atomic mass is 16.7. The van der Waals surface area contributed by atoms with Gasteiger partial charge in [0.05, 0.1) is 13.2 Å². The van der Waals surface area contributed by atoms with Crippen molar-refractivity contribution in [2.45, 2.75) is 58.3 Å². The van der Waals surface area contributed by atoms with Crippen LogP contribution in [0.4, 0.5) is 4.79 Å². The van der Waals surface area contributed by atoms with Gasteiger partial charge in [-0.25, -0.2) is 14.4 Å². The Kier molecular flexibility index (Phi) is 5.16. The monoisotopic (exact) mass is 367 g/mol. The summed E-state index contributed by atoms with van der Waals surface area (Å²) in [5.74, 6) is -0.449. The Balaban J connectivity index is 1.87. The summed E-state index contributed by atoms with van der Waals surface area (Å²) in [6.07, 6.45) is 2.40. The Bertz CT molecular complexity index is 606. The predicted molar refractivity (Wildman–Crippen MR) is 93.8 cm³/mol. The average molecular weight is 367 g/mol. The molecule has 1 N–H and O–H groups in total. The lowest BCUT2D eigenvalue weighted by molar-refractivity contribution is -0.157. The Morgan fingerprint density at radius 1 is 1.23 bits per heavy atom. The van der Waals surface area contributed by atoms with Crippen LogP contribution in [0.5, 0.6) is 0 Å². The van der Waals surface area contributed by atoms with Crippen LogP contribution in [0, 0.1) is 0 Å². The van der Waals surface area contributed by atoms with E-state index in [1.807, 2.05) is 20.8 Å². The number of likely N-dealkylation sites (tertiary alicyclic amines) is 2. The van der Waals surface area contributed by atoms with Crippen molar-refractivity contribution in [2.75, 3.05) is 32.8 Å². The third kappa shape index (κ3) is 3.53. The van der Waals surface area contributed by atoms with Crippen LogP contribution in [0.25, 0.3) is 0 Å². The van der Waals surface area contributed by atoms with Crippen molar-refractivity contribution in [3.63, 3.8) is 0 Å². The van der Waals surface area contributed by atoms with Crippen LogP contribution in [-0.4, -0.2) is 66.0 Å². The lowest BCUT2D eigenvalue weighted by Crippen LogP contribution is -2.57. The Morgan fingerprint density at radius 2 is 1.92 bits per heavy atom. The lowest BCUT2D eigenvalue weighted by Gasteiger charge is -2.44. The minimum atomic E-state index is -0.683. The molecule has 0 spiro atoms. The quantitative estimate of drug-likeness (QED) is 0.762. The van der Waals surface area contributed by atoms with Gasteiger partial charge < -0.3 is 14.4 Å². The first kappa shape index (κ1) is 19.0. The van der Waals surface area contributed by atoms with Gasteiger partial charge in [0, 0.05) is 31.6 Å². The minimum absolute atomic E-state index is 0.282. The molecule has 3 rings (SSSR count). The average Bonchev–Trinajstić information content (AvgIpc) is 3.21. The van der Waals surface area contributed by atoms with E-state index in [1.165, 1.54) is 0 Å². The van der Waals surface area contributed by atoms with E-state index in [-0.39, 0.29) is 19.2 Å². The normalized spacial score (nSPS) is 26.5. The molecule has 146 valence electrons. The number of hydroxylamine groups is 1. The standard InChI is InChI=1S/C18H29N3O5/c1-5-24-15(22)14-13-12-20(16(23)25-17(2,3)4)11-8-18(13,26-19-14)21-9-6-7-10-21/h19H,5-12H2,1-4H3. The van der Waals surface area contributed by atoms with Gasteiger partial charge in [-0.15, -0.1) is 0 Å². The fourth-order valence-corrected chi connectivity index (χ4v) is 3.76. The van der Waals surface area contributed by atoms with Crippen molar-refractivity contribution in [1.82, 2.24) is 15.3 Å². The molecule has 0 aromatic rings. The first-order chi connectivity index (χ1) is 12.3. The summed E-state index contributed by atoms with van der Waals surface area (Å²) in [4.78, 5) is 34.8. The number of ether oxygens (including phenoxy) is 2. The summed E-state index contributed by atoms with van der Waals surface area (Å²) < 4.78 is 10.7. The SMILES string of the molecule is CCOC(=O)C1=C2CN(C(=O)OC(C)(C)C)CCC2(N2CCCC2)ON1. The second-order valence-corrected chi connectivity index (χ2v) is 7.91. The van der Waals surface area contributed by atoms with E-state index < -0.39 is 17.3 Å². The van der Waals surface area contributed by atoms with Gasteiger partial charge in [-0.1, -0.05) is 0 Å². The summed E-state index contributed by atoms with van der Waals surface area (Å²) in [5.41, 5.74) is 2.62. The summed E-state index contributed by atoms with van der Waals surface area (Å²) >= 11 is 0. The Morgan fingerprint density at radius 3 is 2.54 bits per heavy atom. The van der Waals surface area contributed by atoms with Crippen molar-refractivity contribution in [3.8, 4) is 0 Å². The molecule has 1 unspecified atom stereocenters. The molecule has 1 amide bonds. The van der Waals surface area contributed by atoms with Crippen LogP contribution in [0.15, 0.2) is 11.3 Å². The topological polar surface area (TPSA) is 80.3 Å². The van der Waals surface area contributed by atoms with Gasteiger partial charge >= 0.3 is 12.1 Å². The largest absolute Gasteiger partial charge is 0.461 e. The zero-order valence-corrected chi connectivity index (χ0v) is 16.1. The number of hydrogen-bond acceptors (Lipinski definition) is 7. The predicted octanol–water partition coefficient (Wildman–Crippen LogP) is 1.77. The van der Waals surface area contributed by atoms with Gasteiger partial charge in [0.15, 0.2) is 11.4 Å². The number of carbonyl (C=O) groups is 2. The van der Waals surface area contributed by atoms with Gasteiger partial charge in [0.25, 0.3) is 0 Å². The van der Waals surface area contributed by atoms with Crippen molar-refractivity contribution in [3.05, 3.63) is 11.3 Å². The number of rotatable bonds is 3. The molecular formula is C18H29N3O5. The van der Waals surface area contributed by atoms with Gasteiger partial charge in [-0.05, 0) is 40.5 Å². The van der Waals surface area contributed by atoms with Gasteiger partial charge in [-0.2, -0.15) is 0 Å². The number of nitrogens with one attached hydrogen (secondary N) is 1. The van der Waals surface area contributed by atoms with E-state index in [0.29, 0.717) is 18.7 Å². The number of piperidine rings is 1. The van der Waals surface area contributed by atoms with Gasteiger partial charge in [-0.3, -0.25) is 10.4 Å². The lowest BCUT2D eigenvalue weighted by atomic mass is 9.91. The third-order valence-electron chi connectivity index (χ3n) is 4.91. The molecule has 0 saturated carbocycles. The molecule has 26 heavy (non-hydrogen) atoms. The number of amides is 1. The van der Waals surface area contributed by atoms with E-state index >= 15 is 0 Å². The molecule has 8 nitrogen and oxygen atoms in total. The van der Waals surface area contributed by atoms with Gasteiger partial charge in [0.1, 0.15) is 5.60 Å². The molecule has 8 heteroatoms. The second kappa shape index (κ2) is 7.08. The maximum Gasteiger partial charge on any atom is 0.410 e. The first-order valence-electron chi connectivity index (χ1n) is 9.34. The maximum absolute atomic E-state index is 12.5. The molecule has 1 atom stereocenters. The van der Waals surface area contributed by atoms with Crippen LogP contribution >= 0.6 is 0 Å². The molecule has 2 fully saturated rings. The third-order valence-corrected chi connectivity index (χ3v) is 4.91. The van der Waals surface area contributed by atoms with Crippen LogP contribution in [-0.2, 0) is 19.1 Å². The zero-order valence-electron chi connectivity index (χ0n) is 16.1. The zero-order chi connectivity index (χ0) is 18.9. The highest BCUT2D eigenvalue weighted by Crippen LogP contribution is 2.41. The highest BCUT2D eigenvalue weighted by Gasteiger charge is 2.53. The van der Waals surface area contributed by atoms with Crippen molar-refractivity contribution in [2.24, 2.45) is 0 Å². The van der Waals surface area contributed by atoms with Crippen LogP contribution in [0.1, 0.15) is 47.0 Å². The molecule has 0 aromatic heterocycles. The second-order valence-electron chi connectivity index (χ2n) is 7.91. The smallest absolute Gasteiger partial charge is 0.410 e. The summed E-state index contributed by atoms with van der Waals surface area (Å²) in [6, 6.07) is 0. The molecule has 3 aliphatic heterocycles. The van der Waals surface area contributed by atoms with Crippen LogP contribution in [0.2, 0.25) is 0 Å². The van der Waals surface area contributed by atoms with Gasteiger partial charge in [0.2, 0.25) is 0 Å². The summed E-state index contributed by atoms with van der Waals surface area (Å²) in [7, 11) is 0. The fourth-order valence-electron chi connectivity index (χ4n) is 3.76. The molecule has 0 bridgehead atoms. The van der Waals surface area contributed by atoms with E-state index in [9.17, 15) is 9.59 Å². The summed E-state index contributed by atoms with van der Waals surface area (Å²) in [5, 5.41) is 0. The van der Waals surface area contributed by atoms with Crippen LogP contribution in [0.3, 0.4) is 0 Å². The first-order valence-corrected chi connectivity index (χ1v) is 9.34. The number of nitrogens with zero attached hydrogens (tertiary/aromatic N) is 2. The van der Waals surface area contributed by atoms with E-state index in [4.69, 9.17) is 14.3 Å². The molecule has 2 saturated heterocycles. The Labute approximate surface area is 154 Å². The number of esters is 1. The summed E-state index contributed by atoms with van der Waals surface area (Å²) in [6.45, 7) is 10.2. The molecule has 0 radical (unpaired) electrons. The van der Waals surface area contributed by atoms with Crippen molar-refractivity contribution < 1.29 is 23.9 Å². The molecule has 3 heterocycles. The minimum Gasteiger partial charge on any atom is -0.461 e. The molecule has 3 aliphatic rings. The van der Waals surface area contributed by atoms with E-state index in [2.05, 4.69) is 10.4 Å². The number of fused-ring (bicyclic) bond motifs is 1. The van der Waals surface area contributed by atoms with Crippen molar-refractivity contribution in [1.29, 1.82) is 0 Å².